The maximum Gasteiger partial charge on any atom is 0.0578 e. The van der Waals surface area contributed by atoms with Gasteiger partial charge in [0.15, 0.2) is 0 Å². The third kappa shape index (κ3) is 2.71. The quantitative estimate of drug-likeness (QED) is 0.747. The molecule has 13 heavy (non-hydrogen) atoms. The van der Waals surface area contributed by atoms with Crippen LogP contribution in [-0.2, 0) is 6.42 Å². The first kappa shape index (κ1) is 10.0. The van der Waals surface area contributed by atoms with Crippen LogP contribution >= 0.6 is 0 Å². The molecule has 0 amide bonds. The van der Waals surface area contributed by atoms with Crippen molar-refractivity contribution in [1.29, 1.82) is 0 Å². The topological polar surface area (TPSA) is 20.2 Å². The zero-order chi connectivity index (χ0) is 9.68. The fourth-order valence-electron chi connectivity index (χ4n) is 1.32. The van der Waals surface area contributed by atoms with Gasteiger partial charge in [-0.2, -0.15) is 0 Å². The number of rotatable bonds is 4. The van der Waals surface area contributed by atoms with Gasteiger partial charge in [-0.15, -0.1) is 0 Å². The fourth-order valence-corrected chi connectivity index (χ4v) is 1.32. The van der Waals surface area contributed by atoms with Crippen LogP contribution in [0, 0.1) is 0 Å². The number of benzene rings is 1. The average molecular weight is 176 g/mol. The number of hydrogen-bond acceptors (Lipinski definition) is 1. The molecule has 1 heteroatoms. The van der Waals surface area contributed by atoms with Crippen molar-refractivity contribution in [3.63, 3.8) is 0 Å². The van der Waals surface area contributed by atoms with Crippen molar-refractivity contribution in [3.8, 4) is 0 Å². The van der Waals surface area contributed by atoms with Crippen LogP contribution in [0.5, 0.6) is 0 Å². The molecule has 0 saturated heterocycles. The van der Waals surface area contributed by atoms with Gasteiger partial charge in [0.05, 0.1) is 6.10 Å². The second-order valence-corrected chi connectivity index (χ2v) is 3.17. The summed E-state index contributed by atoms with van der Waals surface area (Å²) in [6.45, 7) is 5.73. The van der Waals surface area contributed by atoms with Gasteiger partial charge in [0.2, 0.25) is 0 Å². The smallest absolute Gasteiger partial charge is 0.0578 e. The average Bonchev–Trinajstić information content (AvgIpc) is 2.18. The number of hydrogen-bond donors (Lipinski definition) is 1. The normalized spacial score (nSPS) is 12.5. The van der Waals surface area contributed by atoms with Gasteiger partial charge in [0, 0.05) is 0 Å². The van der Waals surface area contributed by atoms with E-state index in [1.54, 1.807) is 0 Å². The van der Waals surface area contributed by atoms with Crippen LogP contribution < -0.4 is 0 Å². The van der Waals surface area contributed by atoms with Crippen LogP contribution in [0.25, 0.3) is 6.08 Å². The van der Waals surface area contributed by atoms with Crippen LogP contribution in [0.1, 0.15) is 24.5 Å². The Morgan fingerprint density at radius 2 is 2.15 bits per heavy atom. The van der Waals surface area contributed by atoms with Gasteiger partial charge in [0.1, 0.15) is 0 Å². The lowest BCUT2D eigenvalue weighted by atomic mass is 10.0. The zero-order valence-corrected chi connectivity index (χ0v) is 8.03. The molecule has 1 rings (SSSR count). The van der Waals surface area contributed by atoms with Gasteiger partial charge in [0.25, 0.3) is 0 Å². The minimum atomic E-state index is -0.235. The Morgan fingerprint density at radius 1 is 1.46 bits per heavy atom. The molecule has 1 aromatic rings. The molecule has 0 bridgehead atoms. The Hall–Kier alpha value is -1.08. The first-order valence-corrected chi connectivity index (χ1v) is 4.66. The monoisotopic (exact) mass is 176 g/mol. The fraction of sp³-hybridized carbons (Fsp3) is 0.333. The van der Waals surface area contributed by atoms with Crippen LogP contribution in [0.4, 0.5) is 0 Å². The number of aliphatic hydroxyl groups excluding tert-OH is 1. The molecular weight excluding hydrogens is 160 g/mol. The van der Waals surface area contributed by atoms with E-state index < -0.39 is 0 Å². The summed E-state index contributed by atoms with van der Waals surface area (Å²) >= 11 is 0. The Labute approximate surface area is 79.7 Å². The lowest BCUT2D eigenvalue weighted by Crippen LogP contribution is -2.09. The molecule has 70 valence electrons. The lowest BCUT2D eigenvalue weighted by Gasteiger charge is -2.09. The molecule has 1 atom stereocenters. The lowest BCUT2D eigenvalue weighted by molar-refractivity contribution is 0.171. The molecular formula is C12H16O. The van der Waals surface area contributed by atoms with E-state index >= 15 is 0 Å². The highest BCUT2D eigenvalue weighted by Gasteiger charge is 2.04. The van der Waals surface area contributed by atoms with Crippen molar-refractivity contribution in [2.45, 2.75) is 25.9 Å². The van der Waals surface area contributed by atoms with Crippen molar-refractivity contribution in [2.24, 2.45) is 0 Å². The molecule has 0 radical (unpaired) electrons. The Balaban J connectivity index is 2.80. The third-order valence-corrected chi connectivity index (χ3v) is 2.20. The van der Waals surface area contributed by atoms with E-state index in [4.69, 9.17) is 0 Å². The first-order valence-electron chi connectivity index (χ1n) is 4.66. The van der Waals surface area contributed by atoms with Gasteiger partial charge in [-0.25, -0.2) is 0 Å². The van der Waals surface area contributed by atoms with Gasteiger partial charge < -0.3 is 5.11 Å². The molecule has 0 spiro atoms. The molecule has 0 saturated carbocycles. The van der Waals surface area contributed by atoms with E-state index in [1.807, 2.05) is 37.3 Å². The van der Waals surface area contributed by atoms with Crippen molar-refractivity contribution < 1.29 is 5.11 Å². The summed E-state index contributed by atoms with van der Waals surface area (Å²) in [6.07, 6.45) is 3.11. The minimum Gasteiger partial charge on any atom is -0.393 e. The van der Waals surface area contributed by atoms with E-state index in [1.165, 1.54) is 5.56 Å². The van der Waals surface area contributed by atoms with E-state index in [9.17, 15) is 5.11 Å². The molecule has 1 unspecified atom stereocenters. The highest BCUT2D eigenvalue weighted by Crippen LogP contribution is 2.13. The highest BCUT2D eigenvalue weighted by molar-refractivity contribution is 5.51. The summed E-state index contributed by atoms with van der Waals surface area (Å²) < 4.78 is 0. The standard InChI is InChI=1S/C12H16O/c1-3-10-7-5-6-8-11(10)9-12(13)4-2/h3,5-8,12-13H,1,4,9H2,2H3. The van der Waals surface area contributed by atoms with Crippen molar-refractivity contribution in [2.75, 3.05) is 0 Å². The molecule has 1 nitrogen and oxygen atoms in total. The van der Waals surface area contributed by atoms with Crippen molar-refractivity contribution in [3.05, 3.63) is 42.0 Å². The molecule has 1 N–H and O–H groups in total. The summed E-state index contributed by atoms with van der Waals surface area (Å²) in [5.74, 6) is 0. The largest absolute Gasteiger partial charge is 0.393 e. The Kier molecular flexibility index (Phi) is 3.71. The summed E-state index contributed by atoms with van der Waals surface area (Å²) in [6, 6.07) is 8.03. The second kappa shape index (κ2) is 4.83. The summed E-state index contributed by atoms with van der Waals surface area (Å²) in [5, 5.41) is 9.50. The Bertz CT molecular complexity index is 278. The van der Waals surface area contributed by atoms with E-state index in [0.29, 0.717) is 0 Å². The summed E-state index contributed by atoms with van der Waals surface area (Å²) in [4.78, 5) is 0. The molecule has 0 heterocycles. The molecule has 0 aliphatic carbocycles. The first-order chi connectivity index (χ1) is 6.27. The van der Waals surface area contributed by atoms with Gasteiger partial charge in [-0.3, -0.25) is 0 Å². The van der Waals surface area contributed by atoms with Crippen LogP contribution in [-0.4, -0.2) is 11.2 Å². The minimum absolute atomic E-state index is 0.235. The maximum absolute atomic E-state index is 9.50. The van der Waals surface area contributed by atoms with Crippen LogP contribution in [0.15, 0.2) is 30.8 Å². The molecule has 1 aromatic carbocycles. The van der Waals surface area contributed by atoms with Crippen molar-refractivity contribution in [1.82, 2.24) is 0 Å². The highest BCUT2D eigenvalue weighted by atomic mass is 16.3. The molecule has 0 fully saturated rings. The SMILES string of the molecule is C=Cc1ccccc1CC(O)CC. The number of aliphatic hydroxyl groups is 1. The second-order valence-electron chi connectivity index (χ2n) is 3.17. The van der Waals surface area contributed by atoms with Crippen LogP contribution in [0.3, 0.4) is 0 Å². The zero-order valence-electron chi connectivity index (χ0n) is 8.03. The summed E-state index contributed by atoms with van der Waals surface area (Å²) in [5.41, 5.74) is 2.29. The maximum atomic E-state index is 9.50. The predicted molar refractivity (Wildman–Crippen MR) is 56.5 cm³/mol. The van der Waals surface area contributed by atoms with Gasteiger partial charge in [-0.1, -0.05) is 43.8 Å². The molecule has 0 aliphatic heterocycles. The van der Waals surface area contributed by atoms with E-state index in [-0.39, 0.29) is 6.10 Å². The van der Waals surface area contributed by atoms with Crippen molar-refractivity contribution >= 4 is 6.08 Å². The van der Waals surface area contributed by atoms with E-state index in [2.05, 4.69) is 6.58 Å². The van der Waals surface area contributed by atoms with Crippen LogP contribution in [0.2, 0.25) is 0 Å². The van der Waals surface area contributed by atoms with E-state index in [0.717, 1.165) is 18.4 Å². The third-order valence-electron chi connectivity index (χ3n) is 2.20. The van der Waals surface area contributed by atoms with Gasteiger partial charge in [-0.05, 0) is 24.0 Å². The van der Waals surface area contributed by atoms with Gasteiger partial charge >= 0.3 is 0 Å². The summed E-state index contributed by atoms with van der Waals surface area (Å²) in [7, 11) is 0. The Morgan fingerprint density at radius 3 is 2.77 bits per heavy atom. The predicted octanol–water partition coefficient (Wildman–Crippen LogP) is 2.64. The molecule has 0 aliphatic rings. The molecule has 0 aromatic heterocycles.